The van der Waals surface area contributed by atoms with Crippen molar-refractivity contribution in [2.45, 2.75) is 6.18 Å². The van der Waals surface area contributed by atoms with Crippen molar-refractivity contribution in [2.24, 2.45) is 0 Å². The van der Waals surface area contributed by atoms with E-state index >= 15 is 0 Å². The van der Waals surface area contributed by atoms with Crippen molar-refractivity contribution >= 4 is 28.3 Å². The number of rotatable bonds is 3. The number of piperazine rings is 1. The van der Waals surface area contributed by atoms with Gasteiger partial charge in [0, 0.05) is 38.3 Å². The highest BCUT2D eigenvalue weighted by Crippen LogP contribution is 2.36. The largest absolute Gasteiger partial charge is 0.451 e. The summed E-state index contributed by atoms with van der Waals surface area (Å²) in [5.41, 5.74) is -1.78. The van der Waals surface area contributed by atoms with Crippen LogP contribution in [-0.4, -0.2) is 41.9 Å². The van der Waals surface area contributed by atoms with E-state index in [9.17, 15) is 32.9 Å². The van der Waals surface area contributed by atoms with Crippen LogP contribution in [0.4, 0.5) is 24.5 Å². The standard InChI is InChI=1S/C21H16F3N3O5/c22-21(23,24)13-5-6-15(16(11-13)27(30)31)25-7-9-26(10-8-25)20(29)19-12-17(28)14-3-1-2-4-18(14)32-19/h1-6,11-12H,7-10H2. The fourth-order valence-corrected chi connectivity index (χ4v) is 3.63. The second kappa shape index (κ2) is 7.98. The number of nitro groups is 1. The van der Waals surface area contributed by atoms with Crippen LogP contribution in [0.25, 0.3) is 11.0 Å². The molecule has 2 aromatic carbocycles. The molecule has 1 saturated heterocycles. The number of alkyl halides is 3. The van der Waals surface area contributed by atoms with Gasteiger partial charge in [0.2, 0.25) is 0 Å². The van der Waals surface area contributed by atoms with Crippen LogP contribution >= 0.6 is 0 Å². The molecule has 3 aromatic rings. The molecule has 1 aliphatic rings. The summed E-state index contributed by atoms with van der Waals surface area (Å²) < 4.78 is 44.3. The van der Waals surface area contributed by atoms with Gasteiger partial charge in [-0.2, -0.15) is 13.2 Å². The summed E-state index contributed by atoms with van der Waals surface area (Å²) in [6.45, 7) is 0.618. The van der Waals surface area contributed by atoms with Crippen molar-refractivity contribution < 1.29 is 27.3 Å². The summed E-state index contributed by atoms with van der Waals surface area (Å²) in [6.07, 6.45) is -4.70. The lowest BCUT2D eigenvalue weighted by Crippen LogP contribution is -2.49. The molecule has 2 heterocycles. The van der Waals surface area contributed by atoms with Gasteiger partial charge >= 0.3 is 6.18 Å². The maximum atomic E-state index is 12.9. The first-order chi connectivity index (χ1) is 15.1. The molecule has 11 heteroatoms. The van der Waals surface area contributed by atoms with E-state index in [4.69, 9.17) is 4.42 Å². The van der Waals surface area contributed by atoms with E-state index in [2.05, 4.69) is 0 Å². The third kappa shape index (κ3) is 4.01. The van der Waals surface area contributed by atoms with E-state index in [1.165, 1.54) is 4.90 Å². The Morgan fingerprint density at radius 2 is 1.72 bits per heavy atom. The van der Waals surface area contributed by atoms with Crippen molar-refractivity contribution in [3.05, 3.63) is 80.2 Å². The number of para-hydroxylation sites is 1. The molecule has 0 unspecified atom stereocenters. The zero-order valence-corrected chi connectivity index (χ0v) is 16.5. The number of nitrogens with zero attached hydrogens (tertiary/aromatic N) is 3. The van der Waals surface area contributed by atoms with E-state index < -0.39 is 28.3 Å². The maximum absolute atomic E-state index is 12.9. The zero-order valence-electron chi connectivity index (χ0n) is 16.5. The molecule has 0 saturated carbocycles. The summed E-state index contributed by atoms with van der Waals surface area (Å²) in [4.78, 5) is 38.5. The van der Waals surface area contributed by atoms with E-state index in [0.717, 1.165) is 18.2 Å². The predicted octanol–water partition coefficient (Wildman–Crippen LogP) is 3.68. The molecule has 0 radical (unpaired) electrons. The maximum Gasteiger partial charge on any atom is 0.416 e. The van der Waals surface area contributed by atoms with Gasteiger partial charge in [-0.3, -0.25) is 19.7 Å². The molecule has 1 aliphatic heterocycles. The van der Waals surface area contributed by atoms with E-state index in [1.54, 1.807) is 29.2 Å². The van der Waals surface area contributed by atoms with Gasteiger partial charge in [-0.1, -0.05) is 12.1 Å². The molecule has 1 fully saturated rings. The first-order valence-electron chi connectivity index (χ1n) is 9.58. The first-order valence-corrected chi connectivity index (χ1v) is 9.58. The number of nitro benzene ring substituents is 1. The highest BCUT2D eigenvalue weighted by molar-refractivity contribution is 5.93. The number of benzene rings is 2. The Morgan fingerprint density at radius 3 is 2.38 bits per heavy atom. The molecule has 1 aromatic heterocycles. The summed E-state index contributed by atoms with van der Waals surface area (Å²) in [6, 6.07) is 10.0. The van der Waals surface area contributed by atoms with Crippen molar-refractivity contribution in [3.63, 3.8) is 0 Å². The molecular formula is C21H16F3N3O5. The minimum absolute atomic E-state index is 0.0485. The van der Waals surface area contributed by atoms with E-state index in [-0.39, 0.29) is 48.6 Å². The smallest absolute Gasteiger partial charge is 0.416 e. The summed E-state index contributed by atoms with van der Waals surface area (Å²) in [5.74, 6) is -0.628. The molecule has 4 rings (SSSR count). The van der Waals surface area contributed by atoms with Gasteiger partial charge in [-0.25, -0.2) is 0 Å². The van der Waals surface area contributed by atoms with Crippen LogP contribution < -0.4 is 10.3 Å². The average molecular weight is 447 g/mol. The molecule has 1 amide bonds. The van der Waals surface area contributed by atoms with Gasteiger partial charge in [0.15, 0.2) is 11.2 Å². The van der Waals surface area contributed by atoms with Gasteiger partial charge < -0.3 is 14.2 Å². The number of halogens is 3. The lowest BCUT2D eigenvalue weighted by molar-refractivity contribution is -0.384. The molecule has 0 atom stereocenters. The Labute approximate surface area is 178 Å². The number of amides is 1. The number of hydrogen-bond acceptors (Lipinski definition) is 6. The minimum Gasteiger partial charge on any atom is -0.451 e. The third-order valence-electron chi connectivity index (χ3n) is 5.25. The lowest BCUT2D eigenvalue weighted by Gasteiger charge is -2.35. The monoisotopic (exact) mass is 447 g/mol. The minimum atomic E-state index is -4.70. The van der Waals surface area contributed by atoms with Crippen LogP contribution in [0.2, 0.25) is 0 Å². The van der Waals surface area contributed by atoms with Gasteiger partial charge in [-0.05, 0) is 24.3 Å². The number of fused-ring (bicyclic) bond motifs is 1. The quantitative estimate of drug-likeness (QED) is 0.449. The van der Waals surface area contributed by atoms with Crippen LogP contribution in [0.1, 0.15) is 16.1 Å². The van der Waals surface area contributed by atoms with Crippen LogP contribution in [0.5, 0.6) is 0 Å². The number of anilines is 1. The Hall–Kier alpha value is -3.89. The molecule has 166 valence electrons. The Morgan fingerprint density at radius 1 is 1.03 bits per heavy atom. The average Bonchev–Trinajstić information content (AvgIpc) is 2.77. The van der Waals surface area contributed by atoms with Crippen molar-refractivity contribution in [1.29, 1.82) is 0 Å². The molecular weight excluding hydrogens is 431 g/mol. The van der Waals surface area contributed by atoms with Crippen LogP contribution in [0, 0.1) is 10.1 Å². The topological polar surface area (TPSA) is 96.9 Å². The molecule has 0 bridgehead atoms. The number of hydrogen-bond donors (Lipinski definition) is 0. The number of carbonyl (C=O) groups excluding carboxylic acids is 1. The summed E-state index contributed by atoms with van der Waals surface area (Å²) in [5, 5.41) is 11.7. The normalized spacial score (nSPS) is 14.6. The van der Waals surface area contributed by atoms with Crippen LogP contribution in [-0.2, 0) is 6.18 Å². The Balaban J connectivity index is 1.53. The van der Waals surface area contributed by atoms with Crippen molar-refractivity contribution in [3.8, 4) is 0 Å². The second-order valence-electron chi connectivity index (χ2n) is 7.21. The van der Waals surface area contributed by atoms with Gasteiger partial charge in [0.1, 0.15) is 11.3 Å². The first kappa shape index (κ1) is 21.3. The van der Waals surface area contributed by atoms with Gasteiger partial charge in [0.25, 0.3) is 11.6 Å². The molecule has 0 N–H and O–H groups in total. The Bertz CT molecular complexity index is 1260. The van der Waals surface area contributed by atoms with Crippen molar-refractivity contribution in [1.82, 2.24) is 4.90 Å². The summed E-state index contributed by atoms with van der Waals surface area (Å²) in [7, 11) is 0. The van der Waals surface area contributed by atoms with Gasteiger partial charge in [-0.15, -0.1) is 0 Å². The molecule has 0 aliphatic carbocycles. The molecule has 8 nitrogen and oxygen atoms in total. The zero-order chi connectivity index (χ0) is 23.0. The van der Waals surface area contributed by atoms with Crippen molar-refractivity contribution in [2.75, 3.05) is 31.1 Å². The SMILES string of the molecule is O=C(c1cc(=O)c2ccccc2o1)N1CCN(c2ccc(C(F)(F)F)cc2[N+](=O)[O-])CC1. The molecule has 0 spiro atoms. The second-order valence-corrected chi connectivity index (χ2v) is 7.21. The lowest BCUT2D eigenvalue weighted by atomic mass is 10.1. The third-order valence-corrected chi connectivity index (χ3v) is 5.25. The highest BCUT2D eigenvalue weighted by Gasteiger charge is 2.34. The summed E-state index contributed by atoms with van der Waals surface area (Å²) >= 11 is 0. The predicted molar refractivity (Wildman–Crippen MR) is 109 cm³/mol. The van der Waals surface area contributed by atoms with E-state index in [1.807, 2.05) is 0 Å². The Kier molecular flexibility index (Phi) is 5.33. The highest BCUT2D eigenvalue weighted by atomic mass is 19.4. The fourth-order valence-electron chi connectivity index (χ4n) is 3.63. The molecule has 32 heavy (non-hydrogen) atoms. The van der Waals surface area contributed by atoms with Crippen LogP contribution in [0.3, 0.4) is 0 Å². The van der Waals surface area contributed by atoms with Gasteiger partial charge in [0.05, 0.1) is 15.9 Å². The fraction of sp³-hybridized carbons (Fsp3) is 0.238. The van der Waals surface area contributed by atoms with Crippen LogP contribution in [0.15, 0.2) is 57.7 Å². The van der Waals surface area contributed by atoms with E-state index in [0.29, 0.717) is 11.5 Å². The number of carbonyl (C=O) groups is 1.